The fourth-order valence-corrected chi connectivity index (χ4v) is 1.62. The second-order valence-electron chi connectivity index (χ2n) is 4.52. The van der Waals surface area contributed by atoms with E-state index < -0.39 is 0 Å². The second kappa shape index (κ2) is 6.60. The monoisotopic (exact) mass is 246 g/mol. The zero-order valence-corrected chi connectivity index (χ0v) is 10.8. The Labute approximate surface area is 107 Å². The molecule has 96 valence electrons. The fraction of sp³-hybridized carbons (Fsp3) is 0.462. The minimum absolute atomic E-state index is 0.105. The molecule has 0 saturated carbocycles. The Morgan fingerprint density at radius 3 is 2.78 bits per heavy atom. The molecule has 0 bridgehead atoms. The number of nitriles is 1. The van der Waals surface area contributed by atoms with E-state index in [1.165, 1.54) is 6.20 Å². The number of rotatable bonds is 5. The number of anilines is 1. The second-order valence-corrected chi connectivity index (χ2v) is 4.52. The predicted octanol–water partition coefficient (Wildman–Crippen LogP) is 1.68. The van der Waals surface area contributed by atoms with E-state index in [2.05, 4.69) is 11.1 Å². The minimum Gasteiger partial charge on any atom is -0.384 e. The van der Waals surface area contributed by atoms with E-state index in [0.29, 0.717) is 36.8 Å². The zero-order chi connectivity index (χ0) is 13.5. The van der Waals surface area contributed by atoms with E-state index in [0.717, 1.165) is 0 Å². The lowest BCUT2D eigenvalue weighted by Crippen LogP contribution is -2.35. The summed E-state index contributed by atoms with van der Waals surface area (Å²) in [7, 11) is 0. The van der Waals surface area contributed by atoms with Crippen LogP contribution in [0, 0.1) is 17.2 Å². The molecule has 1 heterocycles. The molecular weight excluding hydrogens is 228 g/mol. The largest absolute Gasteiger partial charge is 0.384 e. The van der Waals surface area contributed by atoms with Gasteiger partial charge in [0.1, 0.15) is 5.82 Å². The molecule has 1 rings (SSSR count). The molecule has 0 spiro atoms. The van der Waals surface area contributed by atoms with E-state index in [1.54, 1.807) is 17.0 Å². The topological polar surface area (TPSA) is 83.0 Å². The van der Waals surface area contributed by atoms with Gasteiger partial charge in [0.15, 0.2) is 0 Å². The van der Waals surface area contributed by atoms with Crippen LogP contribution in [-0.4, -0.2) is 28.9 Å². The third kappa shape index (κ3) is 4.06. The van der Waals surface area contributed by atoms with Crippen molar-refractivity contribution >= 4 is 11.7 Å². The van der Waals surface area contributed by atoms with Crippen LogP contribution in [0.5, 0.6) is 0 Å². The van der Waals surface area contributed by atoms with E-state index in [-0.39, 0.29) is 5.91 Å². The van der Waals surface area contributed by atoms with Gasteiger partial charge in [0.25, 0.3) is 5.91 Å². The lowest BCUT2D eigenvalue weighted by Gasteiger charge is -2.23. The summed E-state index contributed by atoms with van der Waals surface area (Å²) in [4.78, 5) is 17.8. The van der Waals surface area contributed by atoms with Crippen molar-refractivity contribution in [3.8, 4) is 6.07 Å². The zero-order valence-electron chi connectivity index (χ0n) is 10.8. The van der Waals surface area contributed by atoms with Gasteiger partial charge in [-0.3, -0.25) is 4.79 Å². The van der Waals surface area contributed by atoms with Crippen LogP contribution in [0.3, 0.4) is 0 Å². The molecule has 0 aromatic carbocycles. The highest BCUT2D eigenvalue weighted by Gasteiger charge is 2.16. The maximum Gasteiger partial charge on any atom is 0.255 e. The molecule has 5 heteroatoms. The summed E-state index contributed by atoms with van der Waals surface area (Å²) in [6.07, 6.45) is 1.80. The number of pyridine rings is 1. The Balaban J connectivity index is 2.81. The van der Waals surface area contributed by atoms with Crippen LogP contribution >= 0.6 is 0 Å². The molecule has 1 amide bonds. The van der Waals surface area contributed by atoms with Gasteiger partial charge in [-0.1, -0.05) is 13.8 Å². The molecular formula is C13H18N4O. The summed E-state index contributed by atoms with van der Waals surface area (Å²) in [5.74, 6) is 0.639. The normalized spacial score (nSPS) is 10.1. The third-order valence-electron chi connectivity index (χ3n) is 2.40. The average molecular weight is 246 g/mol. The van der Waals surface area contributed by atoms with Gasteiger partial charge >= 0.3 is 0 Å². The van der Waals surface area contributed by atoms with Gasteiger partial charge in [0.2, 0.25) is 0 Å². The first-order valence-electron chi connectivity index (χ1n) is 5.92. The van der Waals surface area contributed by atoms with Gasteiger partial charge in [-0.25, -0.2) is 4.98 Å². The number of hydrogen-bond acceptors (Lipinski definition) is 4. The molecule has 0 aliphatic rings. The van der Waals surface area contributed by atoms with Gasteiger partial charge in [-0.15, -0.1) is 0 Å². The summed E-state index contributed by atoms with van der Waals surface area (Å²) in [5, 5.41) is 8.62. The first-order valence-corrected chi connectivity index (χ1v) is 5.92. The van der Waals surface area contributed by atoms with Gasteiger partial charge in [0, 0.05) is 19.3 Å². The number of nitrogen functional groups attached to an aromatic ring is 1. The summed E-state index contributed by atoms with van der Waals surface area (Å²) >= 11 is 0. The highest BCUT2D eigenvalue weighted by atomic mass is 16.2. The van der Waals surface area contributed by atoms with Crippen molar-refractivity contribution in [1.29, 1.82) is 5.26 Å². The maximum absolute atomic E-state index is 12.2. The first-order chi connectivity index (χ1) is 8.54. The molecule has 1 aromatic heterocycles. The van der Waals surface area contributed by atoms with E-state index in [1.807, 2.05) is 13.8 Å². The maximum atomic E-state index is 12.2. The smallest absolute Gasteiger partial charge is 0.255 e. The fourth-order valence-electron chi connectivity index (χ4n) is 1.62. The van der Waals surface area contributed by atoms with Gasteiger partial charge in [-0.2, -0.15) is 5.26 Å². The molecule has 1 aromatic rings. The first kappa shape index (κ1) is 14.0. The van der Waals surface area contributed by atoms with Crippen molar-refractivity contribution < 1.29 is 4.79 Å². The van der Waals surface area contributed by atoms with Crippen molar-refractivity contribution in [3.05, 3.63) is 23.9 Å². The average Bonchev–Trinajstić information content (AvgIpc) is 2.34. The van der Waals surface area contributed by atoms with Crippen molar-refractivity contribution in [2.45, 2.75) is 20.3 Å². The van der Waals surface area contributed by atoms with Crippen molar-refractivity contribution in [1.82, 2.24) is 9.88 Å². The number of nitrogens with two attached hydrogens (primary N) is 1. The van der Waals surface area contributed by atoms with Crippen LogP contribution in [-0.2, 0) is 0 Å². The standard InChI is InChI=1S/C13H18N4O/c1-10(2)9-17(7-3-6-14)13(18)11-4-5-12(15)16-8-11/h4-5,8,10H,3,7,9H2,1-2H3,(H2,15,16). The number of carbonyl (C=O) groups is 1. The molecule has 0 unspecified atom stereocenters. The molecule has 18 heavy (non-hydrogen) atoms. The Morgan fingerprint density at radius 2 is 2.28 bits per heavy atom. The van der Waals surface area contributed by atoms with Gasteiger partial charge < -0.3 is 10.6 Å². The van der Waals surface area contributed by atoms with Gasteiger partial charge in [0.05, 0.1) is 18.1 Å². The molecule has 2 N–H and O–H groups in total. The molecule has 0 aliphatic carbocycles. The minimum atomic E-state index is -0.105. The summed E-state index contributed by atoms with van der Waals surface area (Å²) < 4.78 is 0. The Morgan fingerprint density at radius 1 is 1.56 bits per heavy atom. The highest BCUT2D eigenvalue weighted by Crippen LogP contribution is 2.09. The lowest BCUT2D eigenvalue weighted by molar-refractivity contribution is 0.0739. The molecule has 0 radical (unpaired) electrons. The van der Waals surface area contributed by atoms with Crippen molar-refractivity contribution in [2.24, 2.45) is 5.92 Å². The number of nitrogens with zero attached hydrogens (tertiary/aromatic N) is 3. The highest BCUT2D eigenvalue weighted by molar-refractivity contribution is 5.94. The molecule has 0 saturated heterocycles. The number of aromatic nitrogens is 1. The van der Waals surface area contributed by atoms with Crippen LogP contribution in [0.4, 0.5) is 5.82 Å². The molecule has 0 aliphatic heterocycles. The Kier molecular flexibility index (Phi) is 5.12. The Bertz CT molecular complexity index is 433. The van der Waals surface area contributed by atoms with Gasteiger partial charge in [-0.05, 0) is 18.1 Å². The van der Waals surface area contributed by atoms with E-state index >= 15 is 0 Å². The summed E-state index contributed by atoms with van der Waals surface area (Å²) in [6.45, 7) is 5.14. The number of carbonyl (C=O) groups excluding carboxylic acids is 1. The van der Waals surface area contributed by atoms with Crippen molar-refractivity contribution in [3.63, 3.8) is 0 Å². The van der Waals surface area contributed by atoms with Crippen LogP contribution in [0.25, 0.3) is 0 Å². The predicted molar refractivity (Wildman–Crippen MR) is 69.6 cm³/mol. The van der Waals surface area contributed by atoms with E-state index in [4.69, 9.17) is 11.0 Å². The van der Waals surface area contributed by atoms with Crippen LogP contribution < -0.4 is 5.73 Å². The van der Waals surface area contributed by atoms with Crippen LogP contribution in [0.2, 0.25) is 0 Å². The molecule has 0 atom stereocenters. The Hall–Kier alpha value is -2.09. The van der Waals surface area contributed by atoms with Crippen molar-refractivity contribution in [2.75, 3.05) is 18.8 Å². The molecule has 0 fully saturated rings. The number of amides is 1. The van der Waals surface area contributed by atoms with Crippen LogP contribution in [0.1, 0.15) is 30.6 Å². The quantitative estimate of drug-likeness (QED) is 0.856. The SMILES string of the molecule is CC(C)CN(CCC#N)C(=O)c1ccc(N)nc1. The van der Waals surface area contributed by atoms with Crippen LogP contribution in [0.15, 0.2) is 18.3 Å². The third-order valence-corrected chi connectivity index (χ3v) is 2.40. The summed E-state index contributed by atoms with van der Waals surface area (Å²) in [5.41, 5.74) is 5.99. The van der Waals surface area contributed by atoms with E-state index in [9.17, 15) is 4.79 Å². The lowest BCUT2D eigenvalue weighted by atomic mass is 10.1. The summed E-state index contributed by atoms with van der Waals surface area (Å²) in [6, 6.07) is 5.32. The number of hydrogen-bond donors (Lipinski definition) is 1. The molecule has 5 nitrogen and oxygen atoms in total.